The number of rotatable bonds is 14. The molecule has 0 spiro atoms. The van der Waals surface area contributed by atoms with Crippen LogP contribution in [-0.4, -0.2) is 55.2 Å². The third-order valence-corrected chi connectivity index (χ3v) is 5.69. The second-order valence-corrected chi connectivity index (χ2v) is 9.16. The predicted molar refractivity (Wildman–Crippen MR) is 138 cm³/mol. The van der Waals surface area contributed by atoms with E-state index in [1.165, 1.54) is 12.1 Å². The standard InChI is InChI=1S/C27H41NO10/c1-8-16(4)24(29)33-15-19(7)34-25(30)21(28)13-20-11-12-22(37-26(31)35-17(5)9-2)23(14-20)38-27(32)36-18(6)10-3/h11-12,14,16-19,21H,8-10,13,15,28H2,1-7H3/t16?,17?,18?,19-,21-/m0/s1. The quantitative estimate of drug-likeness (QED) is 0.199. The molecule has 38 heavy (non-hydrogen) atoms. The van der Waals surface area contributed by atoms with Gasteiger partial charge in [0.1, 0.15) is 31.0 Å². The largest absolute Gasteiger partial charge is 0.514 e. The fourth-order valence-electron chi connectivity index (χ4n) is 2.73. The van der Waals surface area contributed by atoms with Crippen LogP contribution in [0, 0.1) is 5.92 Å². The average molecular weight is 540 g/mol. The molecule has 3 unspecified atom stereocenters. The van der Waals surface area contributed by atoms with Crippen molar-refractivity contribution in [3.05, 3.63) is 23.8 Å². The monoisotopic (exact) mass is 539 g/mol. The molecule has 0 saturated carbocycles. The maximum Gasteiger partial charge on any atom is 0.514 e. The summed E-state index contributed by atoms with van der Waals surface area (Å²) in [4.78, 5) is 48.6. The number of hydrogen-bond donors (Lipinski definition) is 1. The number of carbonyl (C=O) groups is 4. The summed E-state index contributed by atoms with van der Waals surface area (Å²) < 4.78 is 31.2. The van der Waals surface area contributed by atoms with Crippen molar-refractivity contribution in [3.63, 3.8) is 0 Å². The van der Waals surface area contributed by atoms with Crippen molar-refractivity contribution >= 4 is 24.2 Å². The highest BCUT2D eigenvalue weighted by Gasteiger charge is 2.23. The van der Waals surface area contributed by atoms with Gasteiger partial charge in [0.15, 0.2) is 11.5 Å². The van der Waals surface area contributed by atoms with Crippen molar-refractivity contribution in [2.24, 2.45) is 11.7 Å². The summed E-state index contributed by atoms with van der Waals surface area (Å²) in [5.41, 5.74) is 6.53. The minimum Gasteiger partial charge on any atom is -0.462 e. The average Bonchev–Trinajstić information content (AvgIpc) is 2.87. The molecule has 0 aromatic heterocycles. The van der Waals surface area contributed by atoms with Crippen molar-refractivity contribution in [2.45, 2.75) is 98.5 Å². The lowest BCUT2D eigenvalue weighted by molar-refractivity contribution is -0.160. The van der Waals surface area contributed by atoms with Crippen molar-refractivity contribution in [3.8, 4) is 11.5 Å². The van der Waals surface area contributed by atoms with Gasteiger partial charge in [0.05, 0.1) is 5.92 Å². The lowest BCUT2D eigenvalue weighted by Crippen LogP contribution is -2.37. The summed E-state index contributed by atoms with van der Waals surface area (Å²) in [6.45, 7) is 12.2. The van der Waals surface area contributed by atoms with Crippen LogP contribution in [0.4, 0.5) is 9.59 Å². The Morgan fingerprint density at radius 3 is 1.82 bits per heavy atom. The first-order valence-corrected chi connectivity index (χ1v) is 12.9. The van der Waals surface area contributed by atoms with Crippen molar-refractivity contribution < 1.29 is 47.6 Å². The first kappa shape index (κ1) is 32.7. The van der Waals surface area contributed by atoms with Gasteiger partial charge in [0, 0.05) is 0 Å². The predicted octanol–water partition coefficient (Wildman–Crippen LogP) is 4.71. The summed E-state index contributed by atoms with van der Waals surface area (Å²) >= 11 is 0. The highest BCUT2D eigenvalue weighted by atomic mass is 16.7. The second-order valence-electron chi connectivity index (χ2n) is 9.16. The molecule has 0 saturated heterocycles. The van der Waals surface area contributed by atoms with Crippen LogP contribution < -0.4 is 15.2 Å². The molecule has 0 fully saturated rings. The zero-order chi connectivity index (χ0) is 28.8. The molecule has 0 aliphatic carbocycles. The molecule has 0 aliphatic heterocycles. The fraction of sp³-hybridized carbons (Fsp3) is 0.630. The van der Waals surface area contributed by atoms with Gasteiger partial charge in [-0.05, 0) is 64.2 Å². The van der Waals surface area contributed by atoms with E-state index >= 15 is 0 Å². The lowest BCUT2D eigenvalue weighted by atomic mass is 10.1. The van der Waals surface area contributed by atoms with Crippen molar-refractivity contribution in [1.29, 1.82) is 0 Å². The number of hydrogen-bond acceptors (Lipinski definition) is 11. The van der Waals surface area contributed by atoms with Gasteiger partial charge in [0.2, 0.25) is 0 Å². The molecule has 11 nitrogen and oxygen atoms in total. The highest BCUT2D eigenvalue weighted by molar-refractivity contribution is 5.76. The van der Waals surface area contributed by atoms with E-state index in [1.54, 1.807) is 33.8 Å². The summed E-state index contributed by atoms with van der Waals surface area (Å²) in [5.74, 6) is -1.50. The topological polar surface area (TPSA) is 150 Å². The Hall–Kier alpha value is -3.34. The smallest absolute Gasteiger partial charge is 0.462 e. The maximum absolute atomic E-state index is 12.5. The Morgan fingerprint density at radius 2 is 1.29 bits per heavy atom. The van der Waals surface area contributed by atoms with Gasteiger partial charge < -0.3 is 34.2 Å². The van der Waals surface area contributed by atoms with Crippen LogP contribution in [0.3, 0.4) is 0 Å². The number of ether oxygens (including phenoxy) is 6. The molecule has 5 atom stereocenters. The van der Waals surface area contributed by atoms with E-state index in [0.717, 1.165) is 0 Å². The van der Waals surface area contributed by atoms with Crippen LogP contribution in [0.1, 0.15) is 73.3 Å². The molecule has 214 valence electrons. The van der Waals surface area contributed by atoms with Crippen LogP contribution in [0.25, 0.3) is 0 Å². The SMILES string of the molecule is CCC(C)OC(=O)Oc1ccc(C[C@H](N)C(=O)O[C@@H](C)COC(=O)C(C)CC)cc1OC(=O)OC(C)CC. The van der Waals surface area contributed by atoms with Crippen LogP contribution in [0.5, 0.6) is 11.5 Å². The second kappa shape index (κ2) is 16.5. The molecule has 0 aliphatic rings. The Labute approximate surface area is 224 Å². The zero-order valence-corrected chi connectivity index (χ0v) is 23.3. The number of carbonyl (C=O) groups excluding carboxylic acids is 4. The van der Waals surface area contributed by atoms with Gasteiger partial charge in [-0.2, -0.15) is 0 Å². The maximum atomic E-state index is 12.5. The lowest BCUT2D eigenvalue weighted by Gasteiger charge is -2.18. The van der Waals surface area contributed by atoms with Gasteiger partial charge in [-0.1, -0.05) is 33.8 Å². The van der Waals surface area contributed by atoms with Crippen LogP contribution >= 0.6 is 0 Å². The minimum absolute atomic E-state index is 0.0204. The molecule has 1 rings (SSSR count). The number of nitrogens with two attached hydrogens (primary N) is 1. The Bertz CT molecular complexity index is 934. The van der Waals surface area contributed by atoms with E-state index in [4.69, 9.17) is 34.2 Å². The van der Waals surface area contributed by atoms with Crippen LogP contribution in [-0.2, 0) is 35.0 Å². The molecule has 0 radical (unpaired) electrons. The van der Waals surface area contributed by atoms with Gasteiger partial charge >= 0.3 is 24.2 Å². The molecule has 11 heteroatoms. The van der Waals surface area contributed by atoms with E-state index in [-0.39, 0.29) is 48.6 Å². The van der Waals surface area contributed by atoms with Crippen molar-refractivity contribution in [2.75, 3.05) is 6.61 Å². The van der Waals surface area contributed by atoms with E-state index < -0.39 is 30.4 Å². The van der Waals surface area contributed by atoms with E-state index in [1.807, 2.05) is 20.8 Å². The summed E-state index contributed by atoms with van der Waals surface area (Å²) in [6.07, 6.45) is -1.57. The van der Waals surface area contributed by atoms with E-state index in [0.29, 0.717) is 24.8 Å². The number of esters is 2. The summed E-state index contributed by atoms with van der Waals surface area (Å²) in [5, 5.41) is 0. The molecule has 0 heterocycles. The molecule has 1 aromatic carbocycles. The zero-order valence-electron chi connectivity index (χ0n) is 23.3. The highest BCUT2D eigenvalue weighted by Crippen LogP contribution is 2.30. The molecular formula is C27H41NO10. The Balaban J connectivity index is 2.91. The van der Waals surface area contributed by atoms with Gasteiger partial charge in [-0.3, -0.25) is 9.59 Å². The van der Waals surface area contributed by atoms with E-state index in [2.05, 4.69) is 0 Å². The Kier molecular flexibility index (Phi) is 14.2. The summed E-state index contributed by atoms with van der Waals surface area (Å²) in [7, 11) is 0. The van der Waals surface area contributed by atoms with Crippen molar-refractivity contribution in [1.82, 2.24) is 0 Å². The summed E-state index contributed by atoms with van der Waals surface area (Å²) in [6, 6.07) is 3.30. The molecule has 2 N–H and O–H groups in total. The molecular weight excluding hydrogens is 498 g/mol. The van der Waals surface area contributed by atoms with Gasteiger partial charge in [-0.15, -0.1) is 0 Å². The molecule has 0 bridgehead atoms. The first-order valence-electron chi connectivity index (χ1n) is 12.9. The third kappa shape index (κ3) is 11.8. The van der Waals surface area contributed by atoms with Gasteiger partial charge in [-0.25, -0.2) is 9.59 Å². The fourth-order valence-corrected chi connectivity index (χ4v) is 2.73. The molecule has 1 aromatic rings. The van der Waals surface area contributed by atoms with Crippen LogP contribution in [0.2, 0.25) is 0 Å². The Morgan fingerprint density at radius 1 is 0.737 bits per heavy atom. The van der Waals surface area contributed by atoms with Gasteiger partial charge in [0.25, 0.3) is 0 Å². The first-order chi connectivity index (χ1) is 17.9. The minimum atomic E-state index is -1.07. The van der Waals surface area contributed by atoms with E-state index in [9.17, 15) is 19.2 Å². The number of benzene rings is 1. The normalized spacial score (nSPS) is 14.7. The third-order valence-electron chi connectivity index (χ3n) is 5.69. The molecule has 0 amide bonds. The van der Waals surface area contributed by atoms with Crippen LogP contribution in [0.15, 0.2) is 18.2 Å².